The van der Waals surface area contributed by atoms with E-state index in [0.717, 1.165) is 12.8 Å². The first kappa shape index (κ1) is 24.1. The second-order valence-corrected chi connectivity index (χ2v) is 12.9. The zero-order chi connectivity index (χ0) is 28.2. The molecular weight excluding hydrogens is 508 g/mol. The molecule has 0 saturated carbocycles. The van der Waals surface area contributed by atoms with Gasteiger partial charge in [-0.3, -0.25) is 0 Å². The Kier molecular flexibility index (Phi) is 4.86. The summed E-state index contributed by atoms with van der Waals surface area (Å²) in [6, 6.07) is 34.0. The highest BCUT2D eigenvalue weighted by Crippen LogP contribution is 2.56. The molecule has 0 saturated heterocycles. The second-order valence-electron chi connectivity index (χ2n) is 12.9. The monoisotopic (exact) mass is 542 g/mol. The molecule has 0 spiro atoms. The fourth-order valence-corrected chi connectivity index (χ4v) is 8.44. The highest BCUT2D eigenvalue weighted by Gasteiger charge is 2.43. The molecule has 204 valence electrons. The van der Waals surface area contributed by atoms with Gasteiger partial charge in [-0.05, 0) is 76.9 Å². The molecule has 0 amide bonds. The SMILES string of the molecule is CC1C=CC2=C(c3ccccc3C2(C)C)C1n1c2c(c3c1ccc1c4ccccc4n(-c4ccccc4)c13)CCC=C2. The van der Waals surface area contributed by atoms with Crippen LogP contribution in [0.5, 0.6) is 0 Å². The standard InChI is InChI=1S/C40H34N2/c1-25-21-23-32-36(29-16-7-10-18-31(29)40(32,2)3)38(25)42-34-20-12-9-17-30(34)37-35(42)24-22-28-27-15-8-11-19-33(27)41(39(28)37)26-13-5-4-6-14-26/h4-8,10-16,18-25,38H,9,17H2,1-3H3. The third-order valence-electron chi connectivity index (χ3n) is 10.3. The lowest BCUT2D eigenvalue weighted by atomic mass is 9.77. The van der Waals surface area contributed by atoms with Crippen molar-refractivity contribution in [3.63, 3.8) is 0 Å². The van der Waals surface area contributed by atoms with Crippen LogP contribution in [0.4, 0.5) is 0 Å². The van der Waals surface area contributed by atoms with E-state index >= 15 is 0 Å². The van der Waals surface area contributed by atoms with Crippen LogP contribution < -0.4 is 0 Å². The molecule has 2 unspecified atom stereocenters. The highest BCUT2D eigenvalue weighted by atomic mass is 15.1. The Hall–Kier alpha value is -4.56. The van der Waals surface area contributed by atoms with Gasteiger partial charge in [-0.1, -0.05) is 106 Å². The van der Waals surface area contributed by atoms with Crippen LogP contribution in [0.25, 0.3) is 50.0 Å². The molecule has 9 rings (SSSR count). The Balaban J connectivity index is 1.43. The zero-order valence-corrected chi connectivity index (χ0v) is 24.4. The van der Waals surface area contributed by atoms with Crippen LogP contribution in [0, 0.1) is 5.92 Å². The largest absolute Gasteiger partial charge is 0.332 e. The lowest BCUT2D eigenvalue weighted by Gasteiger charge is -2.33. The van der Waals surface area contributed by atoms with Crippen LogP contribution >= 0.6 is 0 Å². The highest BCUT2D eigenvalue weighted by molar-refractivity contribution is 6.20. The van der Waals surface area contributed by atoms with Gasteiger partial charge < -0.3 is 9.13 Å². The van der Waals surface area contributed by atoms with Crippen LogP contribution in [0.1, 0.15) is 55.6 Å². The lowest BCUT2D eigenvalue weighted by Crippen LogP contribution is -2.23. The summed E-state index contributed by atoms with van der Waals surface area (Å²) < 4.78 is 5.23. The molecule has 2 nitrogen and oxygen atoms in total. The number of aryl methyl sites for hydroxylation is 1. The van der Waals surface area contributed by atoms with E-state index in [0.29, 0.717) is 5.92 Å². The molecule has 42 heavy (non-hydrogen) atoms. The van der Waals surface area contributed by atoms with Crippen molar-refractivity contribution in [3.8, 4) is 5.69 Å². The number of rotatable bonds is 2. The van der Waals surface area contributed by atoms with E-state index in [2.05, 4.69) is 145 Å². The Morgan fingerprint density at radius 1 is 0.762 bits per heavy atom. The van der Waals surface area contributed by atoms with Gasteiger partial charge in [0.15, 0.2) is 0 Å². The summed E-state index contributed by atoms with van der Waals surface area (Å²) in [6.07, 6.45) is 11.8. The first-order valence-corrected chi connectivity index (χ1v) is 15.4. The van der Waals surface area contributed by atoms with Crippen molar-refractivity contribution >= 4 is 44.4 Å². The topological polar surface area (TPSA) is 9.86 Å². The Labute approximate surface area is 246 Å². The predicted octanol–water partition coefficient (Wildman–Crippen LogP) is 10.2. The predicted molar refractivity (Wildman–Crippen MR) is 177 cm³/mol. The fraction of sp³-hybridized carbons (Fsp3) is 0.200. The maximum absolute atomic E-state index is 2.72. The average Bonchev–Trinajstić information content (AvgIpc) is 3.61. The Morgan fingerprint density at radius 3 is 2.43 bits per heavy atom. The average molecular weight is 543 g/mol. The number of hydrogen-bond donors (Lipinski definition) is 0. The minimum Gasteiger partial charge on any atom is -0.332 e. The van der Waals surface area contributed by atoms with Crippen LogP contribution in [-0.4, -0.2) is 9.13 Å². The first-order valence-electron chi connectivity index (χ1n) is 15.4. The first-order chi connectivity index (χ1) is 20.6. The summed E-state index contributed by atoms with van der Waals surface area (Å²) in [4.78, 5) is 0. The summed E-state index contributed by atoms with van der Waals surface area (Å²) in [5, 5.41) is 4.07. The quantitative estimate of drug-likeness (QED) is 0.206. The lowest BCUT2D eigenvalue weighted by molar-refractivity contribution is 0.503. The van der Waals surface area contributed by atoms with Gasteiger partial charge in [0.05, 0.1) is 22.6 Å². The minimum atomic E-state index is -0.00727. The molecule has 0 N–H and O–H groups in total. The van der Waals surface area contributed by atoms with Crippen molar-refractivity contribution < 1.29 is 0 Å². The molecule has 0 fully saturated rings. The van der Waals surface area contributed by atoms with Crippen molar-refractivity contribution in [2.45, 2.75) is 45.1 Å². The van der Waals surface area contributed by atoms with Crippen molar-refractivity contribution in [2.75, 3.05) is 0 Å². The number of benzene rings is 4. The molecule has 0 radical (unpaired) electrons. The van der Waals surface area contributed by atoms with E-state index in [1.165, 1.54) is 71.9 Å². The molecule has 2 heterocycles. The number of para-hydroxylation sites is 2. The number of allylic oxidation sites excluding steroid dienone is 5. The molecular formula is C40H34N2. The van der Waals surface area contributed by atoms with Crippen LogP contribution in [0.2, 0.25) is 0 Å². The molecule has 2 atom stereocenters. The van der Waals surface area contributed by atoms with E-state index < -0.39 is 0 Å². The fourth-order valence-electron chi connectivity index (χ4n) is 8.44. The van der Waals surface area contributed by atoms with E-state index in [4.69, 9.17) is 0 Å². The maximum atomic E-state index is 2.72. The van der Waals surface area contributed by atoms with Crippen LogP contribution in [-0.2, 0) is 11.8 Å². The van der Waals surface area contributed by atoms with Crippen LogP contribution in [0.15, 0.2) is 115 Å². The second kappa shape index (κ2) is 8.49. The molecule has 4 aromatic carbocycles. The van der Waals surface area contributed by atoms with Gasteiger partial charge in [0.1, 0.15) is 0 Å². The van der Waals surface area contributed by atoms with Gasteiger partial charge in [0, 0.05) is 33.0 Å². The summed E-state index contributed by atoms with van der Waals surface area (Å²) in [6.45, 7) is 7.20. The molecule has 2 aromatic heterocycles. The minimum absolute atomic E-state index is 0.00727. The van der Waals surface area contributed by atoms with Crippen molar-refractivity contribution in [1.29, 1.82) is 0 Å². The van der Waals surface area contributed by atoms with Crippen molar-refractivity contribution in [3.05, 3.63) is 137 Å². The van der Waals surface area contributed by atoms with Crippen molar-refractivity contribution in [2.24, 2.45) is 5.92 Å². The Morgan fingerprint density at radius 2 is 1.55 bits per heavy atom. The smallest absolute Gasteiger partial charge is 0.0660 e. The number of hydrogen-bond acceptors (Lipinski definition) is 0. The van der Waals surface area contributed by atoms with Crippen LogP contribution in [0.3, 0.4) is 0 Å². The molecule has 2 heteroatoms. The van der Waals surface area contributed by atoms with Gasteiger partial charge in [-0.15, -0.1) is 0 Å². The zero-order valence-electron chi connectivity index (χ0n) is 24.4. The molecule has 0 aliphatic heterocycles. The molecule has 3 aliphatic rings. The van der Waals surface area contributed by atoms with Crippen molar-refractivity contribution in [1.82, 2.24) is 9.13 Å². The van der Waals surface area contributed by atoms with Gasteiger partial charge in [-0.25, -0.2) is 0 Å². The third-order valence-corrected chi connectivity index (χ3v) is 10.3. The van der Waals surface area contributed by atoms with E-state index in [1.54, 1.807) is 0 Å². The summed E-state index contributed by atoms with van der Waals surface area (Å²) in [5.74, 6) is 0.372. The number of nitrogens with zero attached hydrogens (tertiary/aromatic N) is 2. The Bertz CT molecular complexity index is 2180. The van der Waals surface area contributed by atoms with Gasteiger partial charge >= 0.3 is 0 Å². The maximum Gasteiger partial charge on any atom is 0.0660 e. The van der Waals surface area contributed by atoms with Gasteiger partial charge in [-0.2, -0.15) is 0 Å². The summed E-state index contributed by atoms with van der Waals surface area (Å²) >= 11 is 0. The summed E-state index contributed by atoms with van der Waals surface area (Å²) in [5.41, 5.74) is 13.9. The van der Waals surface area contributed by atoms with E-state index in [-0.39, 0.29) is 11.5 Å². The molecule has 6 aromatic rings. The van der Waals surface area contributed by atoms with E-state index in [1.807, 2.05) is 0 Å². The number of fused-ring (bicyclic) bond motifs is 9. The third kappa shape index (κ3) is 3.00. The normalized spacial score (nSPS) is 20.5. The molecule has 3 aliphatic carbocycles. The molecule has 0 bridgehead atoms. The number of aromatic nitrogens is 2. The van der Waals surface area contributed by atoms with Gasteiger partial charge in [0.25, 0.3) is 0 Å². The summed E-state index contributed by atoms with van der Waals surface area (Å²) in [7, 11) is 0. The van der Waals surface area contributed by atoms with E-state index in [9.17, 15) is 0 Å². The van der Waals surface area contributed by atoms with Gasteiger partial charge in [0.2, 0.25) is 0 Å².